The van der Waals surface area contributed by atoms with Crippen LogP contribution in [0.4, 0.5) is 4.79 Å². The first-order valence-electron chi connectivity index (χ1n) is 8.91. The summed E-state index contributed by atoms with van der Waals surface area (Å²) in [6.07, 6.45) is 4.09. The number of carbonyl (C=O) groups excluding carboxylic acids is 1. The van der Waals surface area contributed by atoms with E-state index in [9.17, 15) is 4.79 Å². The average molecular weight is 367 g/mol. The van der Waals surface area contributed by atoms with Crippen molar-refractivity contribution in [2.24, 2.45) is 4.99 Å². The van der Waals surface area contributed by atoms with Gasteiger partial charge in [0.15, 0.2) is 4.80 Å². The number of amides is 2. The SMILES string of the molecule is CCOc1ccc2cc(-n3ccs/c3=N\C(=O)N3CCCC3)ccc2c1. The smallest absolute Gasteiger partial charge is 0.346 e. The molecule has 0 atom stereocenters. The molecule has 1 aliphatic rings. The number of thiazole rings is 1. The fourth-order valence-electron chi connectivity index (χ4n) is 3.23. The number of aromatic nitrogens is 1. The Balaban J connectivity index is 1.69. The summed E-state index contributed by atoms with van der Waals surface area (Å²) in [4.78, 5) is 19.2. The molecule has 1 aliphatic heterocycles. The Hall–Kier alpha value is -2.60. The second-order valence-electron chi connectivity index (χ2n) is 6.27. The molecular formula is C20H21N3O2S. The molecule has 1 aromatic heterocycles. The minimum absolute atomic E-state index is 0.138. The number of carbonyl (C=O) groups is 1. The van der Waals surface area contributed by atoms with Crippen molar-refractivity contribution in [1.29, 1.82) is 0 Å². The van der Waals surface area contributed by atoms with Gasteiger partial charge in [-0.15, -0.1) is 11.3 Å². The van der Waals surface area contributed by atoms with Crippen molar-refractivity contribution in [2.45, 2.75) is 19.8 Å². The third-order valence-electron chi connectivity index (χ3n) is 4.54. The zero-order valence-corrected chi connectivity index (χ0v) is 15.5. The van der Waals surface area contributed by atoms with Crippen LogP contribution >= 0.6 is 11.3 Å². The molecule has 134 valence electrons. The first-order chi connectivity index (χ1) is 12.7. The monoisotopic (exact) mass is 367 g/mol. The molecule has 2 aromatic carbocycles. The van der Waals surface area contributed by atoms with E-state index in [0.717, 1.165) is 48.1 Å². The van der Waals surface area contributed by atoms with Crippen LogP contribution in [-0.4, -0.2) is 35.2 Å². The first-order valence-corrected chi connectivity index (χ1v) is 9.79. The Morgan fingerprint density at radius 2 is 1.92 bits per heavy atom. The number of nitrogens with zero attached hydrogens (tertiary/aromatic N) is 3. The van der Waals surface area contributed by atoms with Gasteiger partial charge >= 0.3 is 6.03 Å². The van der Waals surface area contributed by atoms with Gasteiger partial charge in [0, 0.05) is 30.4 Å². The minimum Gasteiger partial charge on any atom is -0.494 e. The zero-order valence-electron chi connectivity index (χ0n) is 14.7. The second kappa shape index (κ2) is 7.33. The van der Waals surface area contributed by atoms with E-state index >= 15 is 0 Å². The summed E-state index contributed by atoms with van der Waals surface area (Å²) in [7, 11) is 0. The number of fused-ring (bicyclic) bond motifs is 1. The summed E-state index contributed by atoms with van der Waals surface area (Å²) in [5, 5.41) is 4.21. The van der Waals surface area contributed by atoms with Crippen molar-refractivity contribution in [3.05, 3.63) is 52.8 Å². The third-order valence-corrected chi connectivity index (χ3v) is 5.30. The average Bonchev–Trinajstić information content (AvgIpc) is 3.33. The molecule has 6 heteroatoms. The van der Waals surface area contributed by atoms with Crippen LogP contribution in [0.3, 0.4) is 0 Å². The van der Waals surface area contributed by atoms with Gasteiger partial charge in [0.2, 0.25) is 0 Å². The molecule has 5 nitrogen and oxygen atoms in total. The normalized spacial score (nSPS) is 15.0. The van der Waals surface area contributed by atoms with Crippen LogP contribution in [0.25, 0.3) is 16.5 Å². The molecule has 26 heavy (non-hydrogen) atoms. The highest BCUT2D eigenvalue weighted by Crippen LogP contribution is 2.23. The molecule has 3 aromatic rings. The van der Waals surface area contributed by atoms with E-state index in [-0.39, 0.29) is 6.03 Å². The molecule has 4 rings (SSSR count). The lowest BCUT2D eigenvalue weighted by molar-refractivity contribution is 0.218. The Bertz CT molecular complexity index is 999. The molecule has 0 N–H and O–H groups in total. The van der Waals surface area contributed by atoms with Crippen molar-refractivity contribution >= 4 is 28.1 Å². The lowest BCUT2D eigenvalue weighted by Gasteiger charge is -2.11. The maximum Gasteiger partial charge on any atom is 0.346 e. The fraction of sp³-hybridized carbons (Fsp3) is 0.300. The summed E-state index contributed by atoms with van der Waals surface area (Å²) in [6, 6.07) is 12.2. The summed E-state index contributed by atoms with van der Waals surface area (Å²) in [6.45, 7) is 4.26. The number of benzene rings is 2. The van der Waals surface area contributed by atoms with Gasteiger partial charge in [-0.2, -0.15) is 4.99 Å². The third kappa shape index (κ3) is 3.37. The van der Waals surface area contributed by atoms with E-state index in [0.29, 0.717) is 11.4 Å². The predicted octanol–water partition coefficient (Wildman–Crippen LogP) is 4.21. The largest absolute Gasteiger partial charge is 0.494 e. The van der Waals surface area contributed by atoms with E-state index in [1.165, 1.54) is 11.3 Å². The van der Waals surface area contributed by atoms with Crippen molar-refractivity contribution < 1.29 is 9.53 Å². The van der Waals surface area contributed by atoms with Crippen molar-refractivity contribution in [2.75, 3.05) is 19.7 Å². The highest BCUT2D eigenvalue weighted by Gasteiger charge is 2.17. The van der Waals surface area contributed by atoms with Crippen molar-refractivity contribution in [3.8, 4) is 11.4 Å². The number of hydrogen-bond donors (Lipinski definition) is 0. The van der Waals surface area contributed by atoms with Gasteiger partial charge in [0.25, 0.3) is 0 Å². The van der Waals surface area contributed by atoms with Crippen LogP contribution in [-0.2, 0) is 0 Å². The van der Waals surface area contributed by atoms with E-state index in [2.05, 4.69) is 23.2 Å². The summed E-state index contributed by atoms with van der Waals surface area (Å²) >= 11 is 1.47. The molecule has 0 saturated carbocycles. The summed E-state index contributed by atoms with van der Waals surface area (Å²) < 4.78 is 7.53. The van der Waals surface area contributed by atoms with Crippen LogP contribution in [0.2, 0.25) is 0 Å². The summed E-state index contributed by atoms with van der Waals surface area (Å²) in [5.74, 6) is 0.878. The maximum atomic E-state index is 12.3. The highest BCUT2D eigenvalue weighted by molar-refractivity contribution is 7.07. The molecule has 0 radical (unpaired) electrons. The molecule has 1 fully saturated rings. The van der Waals surface area contributed by atoms with Crippen LogP contribution in [0.5, 0.6) is 5.75 Å². The molecule has 2 heterocycles. The lowest BCUT2D eigenvalue weighted by atomic mass is 10.1. The Morgan fingerprint density at radius 1 is 1.15 bits per heavy atom. The van der Waals surface area contributed by atoms with Gasteiger partial charge in [0.1, 0.15) is 5.75 Å². The van der Waals surface area contributed by atoms with Crippen LogP contribution in [0.15, 0.2) is 53.0 Å². The second-order valence-corrected chi connectivity index (χ2v) is 7.14. The van der Waals surface area contributed by atoms with E-state index in [1.54, 1.807) is 0 Å². The van der Waals surface area contributed by atoms with E-state index in [4.69, 9.17) is 4.74 Å². The van der Waals surface area contributed by atoms with Gasteiger partial charge in [-0.05, 0) is 54.8 Å². The molecule has 1 saturated heterocycles. The van der Waals surface area contributed by atoms with Crippen molar-refractivity contribution in [1.82, 2.24) is 9.47 Å². The topological polar surface area (TPSA) is 46.8 Å². The number of urea groups is 1. The summed E-state index contributed by atoms with van der Waals surface area (Å²) in [5.41, 5.74) is 0.996. The van der Waals surface area contributed by atoms with Crippen LogP contribution in [0, 0.1) is 0 Å². The molecule has 0 spiro atoms. The predicted molar refractivity (Wildman–Crippen MR) is 104 cm³/mol. The fourth-order valence-corrected chi connectivity index (χ4v) is 3.94. The van der Waals surface area contributed by atoms with E-state index in [1.807, 2.05) is 46.2 Å². The zero-order chi connectivity index (χ0) is 17.9. The number of hydrogen-bond acceptors (Lipinski definition) is 3. The van der Waals surface area contributed by atoms with Gasteiger partial charge in [-0.3, -0.25) is 4.57 Å². The molecule has 2 amide bonds. The Kier molecular flexibility index (Phi) is 4.75. The first kappa shape index (κ1) is 16.8. The molecule has 0 bridgehead atoms. The van der Waals surface area contributed by atoms with Gasteiger partial charge in [0.05, 0.1) is 6.61 Å². The Morgan fingerprint density at radius 3 is 2.73 bits per heavy atom. The van der Waals surface area contributed by atoms with Crippen LogP contribution < -0.4 is 9.54 Å². The number of rotatable bonds is 3. The number of ether oxygens (including phenoxy) is 1. The van der Waals surface area contributed by atoms with Gasteiger partial charge < -0.3 is 9.64 Å². The van der Waals surface area contributed by atoms with Crippen LogP contribution in [0.1, 0.15) is 19.8 Å². The Labute approximate surface area is 156 Å². The number of likely N-dealkylation sites (tertiary alicyclic amines) is 1. The van der Waals surface area contributed by atoms with Gasteiger partial charge in [-0.25, -0.2) is 4.79 Å². The van der Waals surface area contributed by atoms with Gasteiger partial charge in [-0.1, -0.05) is 12.1 Å². The van der Waals surface area contributed by atoms with E-state index < -0.39 is 0 Å². The highest BCUT2D eigenvalue weighted by atomic mass is 32.1. The molecule has 0 unspecified atom stereocenters. The maximum absolute atomic E-state index is 12.3. The molecular weight excluding hydrogens is 346 g/mol. The van der Waals surface area contributed by atoms with Crippen molar-refractivity contribution in [3.63, 3.8) is 0 Å². The molecule has 0 aliphatic carbocycles. The minimum atomic E-state index is -0.138. The standard InChI is InChI=1S/C20H21N3O2S/c1-2-25-18-8-6-15-13-17(7-5-16(15)14-18)23-11-12-26-20(23)21-19(24)22-9-3-4-10-22/h5-8,11-14H,2-4,9-10H2,1H3/b21-20-. The quantitative estimate of drug-likeness (QED) is 0.696. The lowest BCUT2D eigenvalue weighted by Crippen LogP contribution is -2.27.